The predicted molar refractivity (Wildman–Crippen MR) is 140 cm³/mol. The second kappa shape index (κ2) is 17.2. The van der Waals surface area contributed by atoms with Crippen molar-refractivity contribution in [3.63, 3.8) is 0 Å². The molecule has 1 aliphatic rings. The number of hydrogen-bond acceptors (Lipinski definition) is 3. The van der Waals surface area contributed by atoms with Gasteiger partial charge in [0.25, 0.3) is 0 Å². The molecule has 4 nitrogen and oxygen atoms in total. The van der Waals surface area contributed by atoms with E-state index in [1.807, 2.05) is 27.7 Å². The van der Waals surface area contributed by atoms with Crippen LogP contribution in [0.2, 0.25) is 0 Å². The van der Waals surface area contributed by atoms with E-state index in [4.69, 9.17) is 4.74 Å². The summed E-state index contributed by atoms with van der Waals surface area (Å²) >= 11 is 0. The van der Waals surface area contributed by atoms with Gasteiger partial charge in [-0.2, -0.15) is 13.2 Å². The van der Waals surface area contributed by atoms with Gasteiger partial charge in [-0.3, -0.25) is 4.79 Å². The Morgan fingerprint density at radius 2 is 1.74 bits per heavy atom. The van der Waals surface area contributed by atoms with Crippen LogP contribution in [-0.4, -0.2) is 31.6 Å². The van der Waals surface area contributed by atoms with E-state index in [9.17, 15) is 18.0 Å². The maximum atomic E-state index is 13.5. The molecular formula is C28H45F3N2O2. The Bertz CT molecular complexity index is 798. The number of carbonyl (C=O) groups is 1. The van der Waals surface area contributed by atoms with E-state index in [0.29, 0.717) is 23.6 Å². The van der Waals surface area contributed by atoms with Crippen LogP contribution in [0.5, 0.6) is 0 Å². The summed E-state index contributed by atoms with van der Waals surface area (Å²) < 4.78 is 46.0. The lowest BCUT2D eigenvalue weighted by Gasteiger charge is -2.25. The maximum absolute atomic E-state index is 13.5. The quantitative estimate of drug-likeness (QED) is 0.198. The van der Waals surface area contributed by atoms with Gasteiger partial charge in [-0.1, -0.05) is 52.8 Å². The van der Waals surface area contributed by atoms with Gasteiger partial charge in [-0.05, 0) is 69.9 Å². The summed E-state index contributed by atoms with van der Waals surface area (Å²) in [5.74, 6) is 0.853. The van der Waals surface area contributed by atoms with Gasteiger partial charge in [0.1, 0.15) is 0 Å². The zero-order valence-corrected chi connectivity index (χ0v) is 22.8. The number of ether oxygens (including phenoxy) is 1. The lowest BCUT2D eigenvalue weighted by Crippen LogP contribution is -2.36. The number of methoxy groups -OCH3 is 1. The minimum Gasteiger partial charge on any atom is -0.483 e. The first kappa shape index (κ1) is 32.7. The molecule has 0 unspecified atom stereocenters. The number of nitrogens with zero attached hydrogens (tertiary/aromatic N) is 1. The first-order valence-corrected chi connectivity index (χ1v) is 12.8. The van der Waals surface area contributed by atoms with E-state index in [1.165, 1.54) is 7.11 Å². The van der Waals surface area contributed by atoms with E-state index in [1.54, 1.807) is 26.0 Å². The van der Waals surface area contributed by atoms with Crippen molar-refractivity contribution >= 4 is 11.8 Å². The fourth-order valence-electron chi connectivity index (χ4n) is 3.70. The molecule has 1 saturated carbocycles. The molecule has 0 atom stereocenters. The molecule has 0 aliphatic heterocycles. The highest BCUT2D eigenvalue weighted by Gasteiger charge is 2.32. The largest absolute Gasteiger partial charge is 0.483 e. The topological polar surface area (TPSA) is 50.7 Å². The molecule has 0 spiro atoms. The molecule has 0 bridgehead atoms. The molecule has 1 rings (SSSR count). The third-order valence-corrected chi connectivity index (χ3v) is 5.89. The second-order valence-corrected chi connectivity index (χ2v) is 8.53. The summed E-state index contributed by atoms with van der Waals surface area (Å²) in [6.45, 7) is 13.5. The minimum atomic E-state index is -4.46. The Kier molecular flexibility index (Phi) is 16.0. The van der Waals surface area contributed by atoms with Gasteiger partial charge in [0.2, 0.25) is 11.8 Å². The number of rotatable bonds is 9. The summed E-state index contributed by atoms with van der Waals surface area (Å²) in [5.41, 5.74) is 0.864. The molecule has 0 saturated heterocycles. The van der Waals surface area contributed by atoms with Crippen molar-refractivity contribution in [2.45, 2.75) is 93.2 Å². The van der Waals surface area contributed by atoms with Crippen LogP contribution >= 0.6 is 0 Å². The van der Waals surface area contributed by atoms with Crippen molar-refractivity contribution in [1.82, 2.24) is 5.32 Å². The van der Waals surface area contributed by atoms with Gasteiger partial charge in [-0.15, -0.1) is 0 Å². The molecule has 1 aliphatic carbocycles. The lowest BCUT2D eigenvalue weighted by molar-refractivity contribution is -0.125. The van der Waals surface area contributed by atoms with Crippen molar-refractivity contribution in [2.24, 2.45) is 16.8 Å². The van der Waals surface area contributed by atoms with Crippen LogP contribution in [0.4, 0.5) is 13.2 Å². The predicted octanol–water partition coefficient (Wildman–Crippen LogP) is 8.09. The van der Waals surface area contributed by atoms with Crippen molar-refractivity contribution in [3.8, 4) is 0 Å². The Morgan fingerprint density at radius 1 is 1.14 bits per heavy atom. The molecule has 0 aromatic heterocycles. The van der Waals surface area contributed by atoms with Crippen LogP contribution in [0, 0.1) is 11.8 Å². The van der Waals surface area contributed by atoms with Gasteiger partial charge in [0, 0.05) is 11.5 Å². The van der Waals surface area contributed by atoms with E-state index >= 15 is 0 Å². The smallest absolute Gasteiger partial charge is 0.416 e. The highest BCUT2D eigenvalue weighted by atomic mass is 19.4. The summed E-state index contributed by atoms with van der Waals surface area (Å²) in [6, 6.07) is 0. The maximum Gasteiger partial charge on any atom is 0.416 e. The Morgan fingerprint density at radius 3 is 2.20 bits per heavy atom. The second-order valence-electron chi connectivity index (χ2n) is 8.53. The van der Waals surface area contributed by atoms with E-state index in [-0.39, 0.29) is 30.7 Å². The van der Waals surface area contributed by atoms with Crippen LogP contribution < -0.4 is 5.32 Å². The van der Waals surface area contributed by atoms with Crippen LogP contribution in [0.1, 0.15) is 87.0 Å². The fourth-order valence-corrected chi connectivity index (χ4v) is 3.70. The summed E-state index contributed by atoms with van der Waals surface area (Å²) in [7, 11) is 1.45. The summed E-state index contributed by atoms with van der Waals surface area (Å²) in [5, 5.41) is 2.89. The van der Waals surface area contributed by atoms with Gasteiger partial charge in [0.15, 0.2) is 0 Å². The number of nitrogens with one attached hydrogen (secondary N) is 1. The van der Waals surface area contributed by atoms with E-state index in [2.05, 4.69) is 17.2 Å². The van der Waals surface area contributed by atoms with Crippen LogP contribution in [0.25, 0.3) is 0 Å². The zero-order valence-electron chi connectivity index (χ0n) is 22.8. The molecule has 200 valence electrons. The molecule has 1 fully saturated rings. The molecule has 0 radical (unpaired) electrons. The normalized spacial score (nSPS) is 20.7. The lowest BCUT2D eigenvalue weighted by atomic mass is 9.82. The summed E-state index contributed by atoms with van der Waals surface area (Å²) in [4.78, 5) is 17.1. The van der Waals surface area contributed by atoms with Crippen molar-refractivity contribution in [3.05, 3.63) is 46.7 Å². The summed E-state index contributed by atoms with van der Waals surface area (Å²) in [6.07, 6.45) is 5.79. The van der Waals surface area contributed by atoms with E-state index < -0.39 is 11.7 Å². The zero-order chi connectivity index (χ0) is 27.0. The van der Waals surface area contributed by atoms with Gasteiger partial charge < -0.3 is 10.1 Å². The molecule has 0 aromatic rings. The van der Waals surface area contributed by atoms with Crippen LogP contribution in [0.3, 0.4) is 0 Å². The average Bonchev–Trinajstić information content (AvgIpc) is 2.84. The Labute approximate surface area is 210 Å². The van der Waals surface area contributed by atoms with Crippen molar-refractivity contribution < 1.29 is 22.7 Å². The van der Waals surface area contributed by atoms with Crippen LogP contribution in [0.15, 0.2) is 51.7 Å². The highest BCUT2D eigenvalue weighted by Crippen LogP contribution is 2.31. The number of alkyl halides is 3. The number of allylic oxidation sites excluding steroid dienone is 6. The monoisotopic (exact) mass is 498 g/mol. The van der Waals surface area contributed by atoms with Gasteiger partial charge in [0.05, 0.1) is 24.9 Å². The Balaban J connectivity index is 0.00000562. The molecule has 35 heavy (non-hydrogen) atoms. The molecular weight excluding hydrogens is 453 g/mol. The Hall–Kier alpha value is -2.31. The van der Waals surface area contributed by atoms with Crippen molar-refractivity contribution in [1.29, 1.82) is 0 Å². The number of halogens is 3. The molecule has 1 amide bonds. The molecule has 0 aromatic carbocycles. The van der Waals surface area contributed by atoms with Crippen molar-refractivity contribution in [2.75, 3.05) is 13.7 Å². The molecule has 0 heterocycles. The third-order valence-electron chi connectivity index (χ3n) is 5.89. The molecule has 1 N–H and O–H groups in total. The number of hydrogen-bond donors (Lipinski definition) is 1. The number of amides is 1. The minimum absolute atomic E-state index is 0.0151. The van der Waals surface area contributed by atoms with E-state index in [0.717, 1.165) is 43.4 Å². The average molecular weight is 499 g/mol. The van der Waals surface area contributed by atoms with Crippen LogP contribution in [-0.2, 0) is 9.53 Å². The van der Waals surface area contributed by atoms with Gasteiger partial charge >= 0.3 is 6.18 Å². The standard InChI is InChI=1S/C26H39F3N2O2.C2H6/c1-7-10-21(16-22(11-8-2)26(27,28)29)24(19(5)9-3)31-23(33-6)17-30-25(32)20-14-12-18(4)13-15-20;1-2/h7,10-11,16,18,20H,8-9,12-15,17H2,1-6H3,(H,30,32);1-2H3/b10-7-,21-16+,22-11-,24-19?,31-23?;. The first-order chi connectivity index (χ1) is 16.6. The SMILES string of the molecule is CC.C\C=C/C(=C\C(=C\CC)C(F)(F)F)C(N=C(CNC(=O)C1CCC(C)CC1)OC)=C(C)CC. The first-order valence-electron chi connectivity index (χ1n) is 12.8. The number of aliphatic imine (C=N–C) groups is 1. The number of carbonyl (C=O) groups excluding carboxylic acids is 1. The highest BCUT2D eigenvalue weighted by molar-refractivity contribution is 5.86. The molecule has 7 heteroatoms. The third kappa shape index (κ3) is 11.8. The van der Waals surface area contributed by atoms with Gasteiger partial charge in [-0.25, -0.2) is 4.99 Å². The fraction of sp³-hybridized carbons (Fsp3) is 0.643.